The van der Waals surface area contributed by atoms with Gasteiger partial charge in [-0.2, -0.15) is 0 Å². The zero-order valence-corrected chi connectivity index (χ0v) is 19.2. The van der Waals surface area contributed by atoms with E-state index in [1.54, 1.807) is 22.4 Å². The number of H-pyrrole nitrogens is 1. The average Bonchev–Trinajstić information content (AvgIpc) is 3.14. The highest BCUT2D eigenvalue weighted by molar-refractivity contribution is 7.99. The highest BCUT2D eigenvalue weighted by Gasteiger charge is 2.13. The van der Waals surface area contributed by atoms with E-state index in [2.05, 4.69) is 22.0 Å². The first-order valence-electron chi connectivity index (χ1n) is 10.1. The zero-order chi connectivity index (χ0) is 21.1. The van der Waals surface area contributed by atoms with Gasteiger partial charge in [0.25, 0.3) is 5.56 Å². The standard InChI is InChI=1S/C23H25FN4OS.ClH/c1-27(2)11-5-12-28-22(29)19-14-17(24)8-9-21(19)26-23(28)30-13-10-16-15-25-20-7-4-3-6-18(16)20;/h3-4,6-9,14-15,25H,5,10-13H2,1-2H3;1H. The van der Waals surface area contributed by atoms with Crippen molar-refractivity contribution in [1.82, 2.24) is 19.4 Å². The van der Waals surface area contributed by atoms with E-state index in [0.717, 1.165) is 30.7 Å². The lowest BCUT2D eigenvalue weighted by Crippen LogP contribution is -2.25. The van der Waals surface area contributed by atoms with Gasteiger partial charge in [0.15, 0.2) is 5.16 Å². The fourth-order valence-corrected chi connectivity index (χ4v) is 4.61. The van der Waals surface area contributed by atoms with Crippen LogP contribution >= 0.6 is 24.2 Å². The number of benzene rings is 2. The summed E-state index contributed by atoms with van der Waals surface area (Å²) in [6.07, 6.45) is 3.74. The number of hydrogen-bond acceptors (Lipinski definition) is 4. The molecule has 0 amide bonds. The summed E-state index contributed by atoms with van der Waals surface area (Å²) in [7, 11) is 4.02. The summed E-state index contributed by atoms with van der Waals surface area (Å²) in [5.41, 5.74) is 2.75. The van der Waals surface area contributed by atoms with Crippen LogP contribution in [0.4, 0.5) is 4.39 Å². The normalized spacial score (nSPS) is 11.4. The Labute approximate surface area is 191 Å². The first-order valence-corrected chi connectivity index (χ1v) is 11.0. The van der Waals surface area contributed by atoms with Gasteiger partial charge in [0.05, 0.1) is 10.9 Å². The average molecular weight is 461 g/mol. The molecular weight excluding hydrogens is 435 g/mol. The quantitative estimate of drug-likeness (QED) is 0.305. The van der Waals surface area contributed by atoms with Crippen molar-refractivity contribution in [2.45, 2.75) is 24.5 Å². The van der Waals surface area contributed by atoms with Crippen molar-refractivity contribution in [2.75, 3.05) is 26.4 Å². The second-order valence-corrected chi connectivity index (χ2v) is 8.69. The second kappa shape index (κ2) is 10.3. The molecule has 8 heteroatoms. The number of aromatic amines is 1. The van der Waals surface area contributed by atoms with Crippen molar-refractivity contribution >= 4 is 46.0 Å². The van der Waals surface area contributed by atoms with Crippen molar-refractivity contribution in [1.29, 1.82) is 0 Å². The highest BCUT2D eigenvalue weighted by atomic mass is 35.5. The van der Waals surface area contributed by atoms with E-state index in [-0.39, 0.29) is 18.0 Å². The van der Waals surface area contributed by atoms with Gasteiger partial charge in [0, 0.05) is 29.4 Å². The maximum Gasteiger partial charge on any atom is 0.262 e. The smallest absolute Gasteiger partial charge is 0.262 e. The zero-order valence-electron chi connectivity index (χ0n) is 17.6. The van der Waals surface area contributed by atoms with Crippen LogP contribution in [-0.2, 0) is 13.0 Å². The molecule has 0 aliphatic rings. The summed E-state index contributed by atoms with van der Waals surface area (Å²) in [5, 5.41) is 2.25. The number of aryl methyl sites for hydroxylation is 1. The lowest BCUT2D eigenvalue weighted by atomic mass is 10.1. The summed E-state index contributed by atoms with van der Waals surface area (Å²) in [6.45, 7) is 1.43. The van der Waals surface area contributed by atoms with Gasteiger partial charge in [-0.15, -0.1) is 12.4 Å². The molecule has 4 rings (SSSR count). The minimum Gasteiger partial charge on any atom is -0.361 e. The summed E-state index contributed by atoms with van der Waals surface area (Å²) < 4.78 is 15.4. The predicted molar refractivity (Wildman–Crippen MR) is 129 cm³/mol. The maximum atomic E-state index is 13.7. The van der Waals surface area contributed by atoms with Crippen molar-refractivity contribution in [3.05, 3.63) is 70.4 Å². The Morgan fingerprint density at radius 2 is 1.97 bits per heavy atom. The van der Waals surface area contributed by atoms with Crippen LogP contribution in [0.15, 0.2) is 58.6 Å². The molecule has 0 fully saturated rings. The van der Waals surface area contributed by atoms with Gasteiger partial charge in [-0.3, -0.25) is 9.36 Å². The van der Waals surface area contributed by atoms with E-state index in [0.29, 0.717) is 22.6 Å². The van der Waals surface area contributed by atoms with E-state index < -0.39 is 5.82 Å². The van der Waals surface area contributed by atoms with Gasteiger partial charge in [0.1, 0.15) is 5.82 Å². The van der Waals surface area contributed by atoms with Crippen LogP contribution in [0.1, 0.15) is 12.0 Å². The molecule has 1 N–H and O–H groups in total. The molecule has 0 saturated heterocycles. The molecule has 0 spiro atoms. The fourth-order valence-electron chi connectivity index (χ4n) is 3.62. The Kier molecular flexibility index (Phi) is 7.75. The van der Waals surface area contributed by atoms with Crippen LogP contribution in [0.5, 0.6) is 0 Å². The molecule has 0 atom stereocenters. The molecule has 0 unspecified atom stereocenters. The number of thioether (sulfide) groups is 1. The number of nitrogens with one attached hydrogen (secondary N) is 1. The van der Waals surface area contributed by atoms with Crippen LogP contribution in [0.3, 0.4) is 0 Å². The SMILES string of the molecule is CN(C)CCCn1c(SCCc2c[nH]c3ccccc23)nc2ccc(F)cc2c1=O.Cl. The van der Waals surface area contributed by atoms with Gasteiger partial charge in [-0.1, -0.05) is 30.0 Å². The van der Waals surface area contributed by atoms with Gasteiger partial charge >= 0.3 is 0 Å². The number of aromatic nitrogens is 3. The summed E-state index contributed by atoms with van der Waals surface area (Å²) in [4.78, 5) is 23.2. The Morgan fingerprint density at radius 3 is 2.77 bits per heavy atom. The monoisotopic (exact) mass is 460 g/mol. The van der Waals surface area contributed by atoms with Crippen LogP contribution in [0.2, 0.25) is 0 Å². The minimum absolute atomic E-state index is 0. The third-order valence-corrected chi connectivity index (χ3v) is 6.12. The Bertz CT molecular complexity index is 1240. The molecule has 2 aromatic heterocycles. The molecular formula is C23H26ClFN4OS. The molecule has 4 aromatic rings. The molecule has 2 aromatic carbocycles. The molecule has 0 aliphatic carbocycles. The summed E-state index contributed by atoms with van der Waals surface area (Å²) in [5.74, 6) is 0.385. The Balaban J connectivity index is 0.00000272. The van der Waals surface area contributed by atoms with E-state index in [9.17, 15) is 9.18 Å². The number of rotatable bonds is 8. The van der Waals surface area contributed by atoms with Crippen LogP contribution in [0.25, 0.3) is 21.8 Å². The van der Waals surface area contributed by atoms with E-state index in [1.807, 2.05) is 32.4 Å². The van der Waals surface area contributed by atoms with Crippen molar-refractivity contribution in [3.63, 3.8) is 0 Å². The molecule has 0 aliphatic heterocycles. The summed E-state index contributed by atoms with van der Waals surface area (Å²) in [6, 6.07) is 12.5. The van der Waals surface area contributed by atoms with Crippen molar-refractivity contribution < 1.29 is 4.39 Å². The number of para-hydroxylation sites is 1. The third-order valence-electron chi connectivity index (χ3n) is 5.15. The Morgan fingerprint density at radius 1 is 1.16 bits per heavy atom. The van der Waals surface area contributed by atoms with Crippen LogP contribution in [-0.4, -0.2) is 45.8 Å². The number of fused-ring (bicyclic) bond motifs is 2. The number of halogens is 2. The van der Waals surface area contributed by atoms with Crippen molar-refractivity contribution in [2.24, 2.45) is 0 Å². The molecule has 2 heterocycles. The van der Waals surface area contributed by atoms with Gasteiger partial charge in [-0.05, 0) is 63.3 Å². The van der Waals surface area contributed by atoms with Crippen molar-refractivity contribution in [3.8, 4) is 0 Å². The first-order chi connectivity index (χ1) is 14.5. The molecule has 31 heavy (non-hydrogen) atoms. The first kappa shape index (κ1) is 23.3. The molecule has 0 bridgehead atoms. The second-order valence-electron chi connectivity index (χ2n) is 7.63. The number of nitrogens with zero attached hydrogens (tertiary/aromatic N) is 3. The minimum atomic E-state index is -0.416. The lowest BCUT2D eigenvalue weighted by Gasteiger charge is -2.15. The topological polar surface area (TPSA) is 53.9 Å². The predicted octanol–water partition coefficient (Wildman–Crippen LogP) is 4.73. The van der Waals surface area contributed by atoms with E-state index >= 15 is 0 Å². The van der Waals surface area contributed by atoms with Gasteiger partial charge < -0.3 is 9.88 Å². The largest absolute Gasteiger partial charge is 0.361 e. The van der Waals surface area contributed by atoms with Crippen LogP contribution < -0.4 is 5.56 Å². The van der Waals surface area contributed by atoms with Gasteiger partial charge in [-0.25, -0.2) is 9.37 Å². The van der Waals surface area contributed by atoms with Crippen LogP contribution in [0, 0.1) is 5.82 Å². The molecule has 164 valence electrons. The third kappa shape index (κ3) is 5.29. The van der Waals surface area contributed by atoms with E-state index in [1.165, 1.54) is 23.1 Å². The fraction of sp³-hybridized carbons (Fsp3) is 0.304. The number of hydrogen-bond donors (Lipinski definition) is 1. The molecule has 0 radical (unpaired) electrons. The van der Waals surface area contributed by atoms with E-state index in [4.69, 9.17) is 4.98 Å². The Hall–Kier alpha value is -2.35. The molecule has 0 saturated carbocycles. The molecule has 5 nitrogen and oxygen atoms in total. The summed E-state index contributed by atoms with van der Waals surface area (Å²) >= 11 is 1.58. The lowest BCUT2D eigenvalue weighted by molar-refractivity contribution is 0.379. The maximum absolute atomic E-state index is 13.7. The van der Waals surface area contributed by atoms with Gasteiger partial charge in [0.2, 0.25) is 0 Å². The highest BCUT2D eigenvalue weighted by Crippen LogP contribution is 2.23.